The summed E-state index contributed by atoms with van der Waals surface area (Å²) in [5, 5.41) is 38.6. The van der Waals surface area contributed by atoms with Crippen molar-refractivity contribution < 1.29 is 103 Å². The van der Waals surface area contributed by atoms with Gasteiger partial charge in [0.25, 0.3) is 25.7 Å². The lowest BCUT2D eigenvalue weighted by molar-refractivity contribution is -0.384. The topological polar surface area (TPSA) is 344 Å². The molecular formula is C67H89N5O23S2. The molecular weight excluding hydrogens is 1310 g/mol. The number of hydrogen-bond donors (Lipinski definition) is 4. The summed E-state index contributed by atoms with van der Waals surface area (Å²) in [4.78, 5) is 58.8. The summed E-state index contributed by atoms with van der Waals surface area (Å²) in [5.74, 6) is 1.19. The average molecular weight is 1400 g/mol. The first-order valence-electron chi connectivity index (χ1n) is 32.0. The van der Waals surface area contributed by atoms with Crippen LogP contribution in [-0.2, 0) is 75.7 Å². The number of amides is 2. The number of nitrogens with one attached hydrogen (secondary N) is 2. The summed E-state index contributed by atoms with van der Waals surface area (Å²) in [6.07, 6.45) is 2.60. The molecule has 4 fully saturated rings. The fourth-order valence-electron chi connectivity index (χ4n) is 10.4. The number of aliphatic hydroxyl groups excluding tert-OH is 2. The third-order valence-corrected chi connectivity index (χ3v) is 18.7. The van der Waals surface area contributed by atoms with E-state index >= 15 is 0 Å². The Labute approximate surface area is 565 Å². The van der Waals surface area contributed by atoms with E-state index in [-0.39, 0.29) is 92.8 Å². The Morgan fingerprint density at radius 2 is 0.928 bits per heavy atom. The van der Waals surface area contributed by atoms with Crippen LogP contribution >= 0.6 is 0 Å². The van der Waals surface area contributed by atoms with Gasteiger partial charge in [-0.05, 0) is 131 Å². The summed E-state index contributed by atoms with van der Waals surface area (Å²) in [7, 11) is -5.29. The second-order valence-corrected chi connectivity index (χ2v) is 27.8. The Bertz CT molecular complexity index is 3410. The number of rotatable bonds is 26. The monoisotopic (exact) mass is 1400 g/mol. The molecule has 4 aliphatic rings. The highest BCUT2D eigenvalue weighted by Crippen LogP contribution is 2.29. The Morgan fingerprint density at radius 3 is 1.31 bits per heavy atom. The van der Waals surface area contributed by atoms with Gasteiger partial charge in [0.1, 0.15) is 36.4 Å². The molecule has 2 saturated carbocycles. The van der Waals surface area contributed by atoms with E-state index in [2.05, 4.69) is 10.6 Å². The maximum absolute atomic E-state index is 13.7. The van der Waals surface area contributed by atoms with Crippen LogP contribution in [0.15, 0.2) is 143 Å². The normalized spacial score (nSPS) is 17.3. The number of alkyl carbamates (subject to hydrolysis) is 2. The predicted molar refractivity (Wildman–Crippen MR) is 350 cm³/mol. The minimum Gasteiger partial charge on any atom is -0.497 e. The molecule has 97 heavy (non-hydrogen) atoms. The van der Waals surface area contributed by atoms with Crippen LogP contribution in [0.2, 0.25) is 0 Å². The number of non-ortho nitro benzene ring substituents is 1. The molecule has 9 rings (SSSR count). The number of carbonyl (C=O) groups is 3. The summed E-state index contributed by atoms with van der Waals surface area (Å²) in [6, 6.07) is 34.0. The zero-order chi connectivity index (χ0) is 69.8. The molecule has 532 valence electrons. The zero-order valence-electron chi connectivity index (χ0n) is 55.1. The highest BCUT2D eigenvalue weighted by molar-refractivity contribution is 7.89. The van der Waals surface area contributed by atoms with Crippen molar-refractivity contribution >= 4 is 44.1 Å². The first kappa shape index (κ1) is 76.8. The Hall–Kier alpha value is -7.59. The molecule has 4 atom stereocenters. The van der Waals surface area contributed by atoms with Gasteiger partial charge in [-0.15, -0.1) is 0 Å². The Morgan fingerprint density at radius 1 is 0.546 bits per heavy atom. The minimum atomic E-state index is -4.16. The van der Waals surface area contributed by atoms with Crippen LogP contribution in [0.5, 0.6) is 17.2 Å². The van der Waals surface area contributed by atoms with E-state index in [0.717, 1.165) is 71.4 Å². The van der Waals surface area contributed by atoms with Crippen LogP contribution in [0.4, 0.5) is 20.1 Å². The smallest absolute Gasteiger partial charge is 0.497 e. The molecule has 0 aromatic heterocycles. The summed E-state index contributed by atoms with van der Waals surface area (Å²) in [6.45, 7) is 5.66. The van der Waals surface area contributed by atoms with Gasteiger partial charge in [0.2, 0.25) is 0 Å². The number of nitro benzene ring substituents is 1. The summed E-state index contributed by atoms with van der Waals surface area (Å²) >= 11 is 0. The number of nitrogens with zero attached hydrogens (tertiary/aromatic N) is 3. The van der Waals surface area contributed by atoms with Crippen molar-refractivity contribution in [2.24, 2.45) is 0 Å². The van der Waals surface area contributed by atoms with E-state index in [1.807, 2.05) is 60.7 Å². The second kappa shape index (κ2) is 38.5. The van der Waals surface area contributed by atoms with E-state index in [1.165, 1.54) is 62.8 Å². The van der Waals surface area contributed by atoms with Crippen LogP contribution in [0.3, 0.4) is 0 Å². The number of aliphatic hydroxyl groups is 2. The Kier molecular flexibility index (Phi) is 30.5. The summed E-state index contributed by atoms with van der Waals surface area (Å²) < 4.78 is 108. The van der Waals surface area contributed by atoms with E-state index in [4.69, 9.17) is 57.0 Å². The maximum Gasteiger partial charge on any atom is 0.514 e. The lowest BCUT2D eigenvalue weighted by Gasteiger charge is -2.33. The highest BCUT2D eigenvalue weighted by atomic mass is 32.2. The van der Waals surface area contributed by atoms with Crippen molar-refractivity contribution in [2.45, 2.75) is 162 Å². The van der Waals surface area contributed by atoms with Crippen LogP contribution < -0.4 is 24.8 Å². The molecule has 2 saturated heterocycles. The van der Waals surface area contributed by atoms with Gasteiger partial charge < -0.3 is 68.2 Å². The van der Waals surface area contributed by atoms with Gasteiger partial charge in [0.15, 0.2) is 12.2 Å². The number of sulfonamides is 2. The molecule has 0 radical (unpaired) electrons. The molecule has 0 spiro atoms. The third kappa shape index (κ3) is 26.0. The fourth-order valence-corrected chi connectivity index (χ4v) is 13.0. The fraction of sp³-hybridized carbons (Fsp3) is 0.507. The predicted octanol–water partition coefficient (Wildman–Crippen LogP) is 8.95. The molecule has 2 heterocycles. The van der Waals surface area contributed by atoms with Crippen molar-refractivity contribution in [1.29, 1.82) is 0 Å². The van der Waals surface area contributed by atoms with E-state index in [9.17, 15) is 51.5 Å². The van der Waals surface area contributed by atoms with Gasteiger partial charge >= 0.3 is 18.3 Å². The number of hydroxylamine groups is 2. The van der Waals surface area contributed by atoms with Gasteiger partial charge in [-0.25, -0.2) is 31.2 Å². The van der Waals surface area contributed by atoms with Crippen LogP contribution in [0.1, 0.15) is 96.1 Å². The van der Waals surface area contributed by atoms with E-state index in [1.54, 1.807) is 45.0 Å². The number of ether oxygens (including phenoxy) is 10. The first-order valence-corrected chi connectivity index (χ1v) is 34.9. The quantitative estimate of drug-likeness (QED) is 0.0132. The standard InChI is InChI=1S/C28H38N2O9S.C28H40N2O7S.C11H11NO7/c1-35-22-12-14-25(15-13-22)40(33,34)30(39-23-10-6-3-7-11-23)17-27(31)26(16-21-8-4-2-5-9-21)29-28(32)38-24-18-36-20-37-19-24;1-28(2,3)36-27(32)29-25(19-21-11-7-5-8-12-21)26(31)20-30(37-23-13-9-6-10-14-23)38(33,34)24-17-15-22(35-4)16-18-24;13-11(19-10-5-16-7-17-6-10)18-9-3-1-8(2-4-9)12(14)15/h2,4-5,8-9,12-15,23-24,26-27,31H,3,6-7,10-11,16-20H2,1H3,(H,29,32);5,7-8,11-12,15-18,23,25-26,31H,6,9-10,13-14,19-20H2,1-4H3,(H,29,32);1-4,10H,5-7H2/t26-,27+;25-,26+;/m00./s1. The lowest BCUT2D eigenvalue weighted by Crippen LogP contribution is -2.52. The highest BCUT2D eigenvalue weighted by Gasteiger charge is 2.37. The Balaban J connectivity index is 0.000000217. The molecule has 30 heteroatoms. The van der Waals surface area contributed by atoms with Gasteiger partial charge in [-0.2, -0.15) is 0 Å². The number of hydrogen-bond acceptors (Lipinski definition) is 23. The second-order valence-electron chi connectivity index (χ2n) is 24.2. The lowest BCUT2D eigenvalue weighted by atomic mass is 9.98. The van der Waals surface area contributed by atoms with Gasteiger partial charge in [0, 0.05) is 12.1 Å². The first-order chi connectivity index (χ1) is 46.5. The average Bonchev–Trinajstić information content (AvgIpc) is 0.823. The van der Waals surface area contributed by atoms with E-state index in [0.29, 0.717) is 24.3 Å². The van der Waals surface area contributed by atoms with Crippen molar-refractivity contribution in [3.8, 4) is 17.2 Å². The molecule has 2 aliphatic carbocycles. The molecule has 2 amide bonds. The van der Waals surface area contributed by atoms with Crippen molar-refractivity contribution in [3.63, 3.8) is 0 Å². The molecule has 28 nitrogen and oxygen atoms in total. The van der Waals surface area contributed by atoms with Gasteiger partial charge in [-0.1, -0.05) is 108 Å². The largest absolute Gasteiger partial charge is 0.514 e. The summed E-state index contributed by atoms with van der Waals surface area (Å²) in [5.41, 5.74) is 0.884. The van der Waals surface area contributed by atoms with Crippen molar-refractivity contribution in [3.05, 3.63) is 155 Å². The molecule has 5 aromatic carbocycles. The van der Waals surface area contributed by atoms with Crippen LogP contribution in [-0.4, -0.2) is 181 Å². The number of methoxy groups -OCH3 is 2. The SMILES string of the molecule is COc1ccc(S(=O)(=O)N(C[C@@H](O)[C@H](Cc2ccccc2)NC(=O)OC(C)(C)C)OC2CCCCC2)cc1.COc1ccc(S(=O)(=O)N(C[C@@H](O)[C@H](Cc2ccccc2)NC(=O)OC2COCOC2)OC2CCCCC2)cc1.O=C(Oc1ccc([N+](=O)[O-])cc1)OC1COCOC1. The molecule has 5 aromatic rings. The van der Waals surface area contributed by atoms with Gasteiger partial charge in [-0.3, -0.25) is 19.8 Å². The third-order valence-electron chi connectivity index (χ3n) is 15.4. The molecule has 0 unspecified atom stereocenters. The zero-order valence-corrected chi connectivity index (χ0v) is 56.7. The minimum absolute atomic E-state index is 0.000543. The van der Waals surface area contributed by atoms with Crippen LogP contribution in [0, 0.1) is 10.1 Å². The molecule has 0 bridgehead atoms. The van der Waals surface area contributed by atoms with Gasteiger partial charge in [0.05, 0.1) is 105 Å². The van der Waals surface area contributed by atoms with Crippen LogP contribution in [0.25, 0.3) is 0 Å². The maximum atomic E-state index is 13.7. The van der Waals surface area contributed by atoms with E-state index < -0.39 is 92.0 Å². The number of benzene rings is 5. The molecule has 2 aliphatic heterocycles. The number of carbonyl (C=O) groups excluding carboxylic acids is 3. The number of nitro groups is 1. The van der Waals surface area contributed by atoms with Crippen molar-refractivity contribution in [2.75, 3.05) is 67.3 Å². The van der Waals surface area contributed by atoms with Crippen molar-refractivity contribution in [1.82, 2.24) is 19.6 Å². The molecule has 4 N–H and O–H groups in total.